The van der Waals surface area contributed by atoms with Crippen LogP contribution in [-0.4, -0.2) is 22.6 Å². The van der Waals surface area contributed by atoms with E-state index in [0.717, 1.165) is 17.8 Å². The Morgan fingerprint density at radius 2 is 2.00 bits per heavy atom. The van der Waals surface area contributed by atoms with Gasteiger partial charge in [-0.15, -0.1) is 0 Å². The van der Waals surface area contributed by atoms with Gasteiger partial charge in [-0.2, -0.15) is 0 Å². The Bertz CT molecular complexity index is 599. The average Bonchev–Trinajstić information content (AvgIpc) is 2.46. The van der Waals surface area contributed by atoms with Gasteiger partial charge in [0.1, 0.15) is 0 Å². The summed E-state index contributed by atoms with van der Waals surface area (Å²) >= 11 is 0. The molecule has 1 heterocycles. The molecule has 1 aromatic heterocycles. The van der Waals surface area contributed by atoms with Crippen LogP contribution in [0.2, 0.25) is 0 Å². The van der Waals surface area contributed by atoms with Gasteiger partial charge in [0.15, 0.2) is 0 Å². The van der Waals surface area contributed by atoms with Gasteiger partial charge in [-0.1, -0.05) is 0 Å². The fraction of sp³-hybridized carbons (Fsp3) is 0.200. The summed E-state index contributed by atoms with van der Waals surface area (Å²) in [6, 6.07) is 8.62. The van der Waals surface area contributed by atoms with Gasteiger partial charge in [-0.05, 0) is 42.8 Å². The third-order valence-corrected chi connectivity index (χ3v) is 3.12. The summed E-state index contributed by atoms with van der Waals surface area (Å²) in [5, 5.41) is 9.08. The van der Waals surface area contributed by atoms with Crippen molar-refractivity contribution in [2.75, 3.05) is 17.2 Å². The molecule has 0 aliphatic rings. The molecule has 20 heavy (non-hydrogen) atoms. The van der Waals surface area contributed by atoms with Gasteiger partial charge in [-0.25, -0.2) is 4.79 Å². The van der Waals surface area contributed by atoms with Crippen molar-refractivity contribution in [3.8, 4) is 0 Å². The van der Waals surface area contributed by atoms with Gasteiger partial charge in [0, 0.05) is 25.5 Å². The number of anilines is 2. The standard InChI is InChI=1S/C15H17N3O2/c1-2-18(10-11-5-7-17-8-6-11)14-9-12(15(19)20)3-4-13(14)16/h3-9H,2,10,16H2,1H3,(H,19,20). The maximum absolute atomic E-state index is 11.1. The van der Waals surface area contributed by atoms with E-state index in [4.69, 9.17) is 10.8 Å². The lowest BCUT2D eigenvalue weighted by atomic mass is 10.1. The minimum Gasteiger partial charge on any atom is -0.478 e. The molecule has 0 amide bonds. The smallest absolute Gasteiger partial charge is 0.335 e. The van der Waals surface area contributed by atoms with E-state index in [0.29, 0.717) is 12.2 Å². The van der Waals surface area contributed by atoms with Crippen molar-refractivity contribution in [2.24, 2.45) is 0 Å². The fourth-order valence-electron chi connectivity index (χ4n) is 2.03. The van der Waals surface area contributed by atoms with E-state index in [2.05, 4.69) is 4.98 Å². The highest BCUT2D eigenvalue weighted by Crippen LogP contribution is 2.26. The Kier molecular flexibility index (Phi) is 4.20. The van der Waals surface area contributed by atoms with Crippen LogP contribution in [0, 0.1) is 0 Å². The molecule has 0 aliphatic heterocycles. The van der Waals surface area contributed by atoms with E-state index in [1.807, 2.05) is 24.0 Å². The molecule has 0 unspecified atom stereocenters. The molecule has 5 heteroatoms. The monoisotopic (exact) mass is 271 g/mol. The van der Waals surface area contributed by atoms with E-state index in [9.17, 15) is 4.79 Å². The summed E-state index contributed by atoms with van der Waals surface area (Å²) in [6.45, 7) is 3.40. The molecular weight excluding hydrogens is 254 g/mol. The highest BCUT2D eigenvalue weighted by atomic mass is 16.4. The fourth-order valence-corrected chi connectivity index (χ4v) is 2.03. The van der Waals surface area contributed by atoms with Crippen molar-refractivity contribution in [1.29, 1.82) is 0 Å². The van der Waals surface area contributed by atoms with Crippen LogP contribution in [-0.2, 0) is 6.54 Å². The van der Waals surface area contributed by atoms with E-state index in [1.54, 1.807) is 24.5 Å². The largest absolute Gasteiger partial charge is 0.478 e. The zero-order valence-electron chi connectivity index (χ0n) is 11.3. The normalized spacial score (nSPS) is 10.2. The first-order valence-corrected chi connectivity index (χ1v) is 6.38. The highest BCUT2D eigenvalue weighted by Gasteiger charge is 2.12. The number of pyridine rings is 1. The molecular formula is C15H17N3O2. The predicted molar refractivity (Wildman–Crippen MR) is 78.8 cm³/mol. The summed E-state index contributed by atoms with van der Waals surface area (Å²) in [6.07, 6.45) is 3.47. The number of hydrogen-bond acceptors (Lipinski definition) is 4. The highest BCUT2D eigenvalue weighted by molar-refractivity contribution is 5.90. The quantitative estimate of drug-likeness (QED) is 0.816. The molecule has 3 N–H and O–H groups in total. The number of rotatable bonds is 5. The number of carboxylic acid groups (broad SMARTS) is 1. The number of nitrogens with zero attached hydrogens (tertiary/aromatic N) is 2. The van der Waals surface area contributed by atoms with E-state index < -0.39 is 5.97 Å². The summed E-state index contributed by atoms with van der Waals surface area (Å²) in [7, 11) is 0. The van der Waals surface area contributed by atoms with Crippen molar-refractivity contribution >= 4 is 17.3 Å². The minimum absolute atomic E-state index is 0.238. The first-order chi connectivity index (χ1) is 9.61. The van der Waals surface area contributed by atoms with Gasteiger partial charge < -0.3 is 15.7 Å². The van der Waals surface area contributed by atoms with Crippen LogP contribution in [0.25, 0.3) is 0 Å². The number of aromatic nitrogens is 1. The van der Waals surface area contributed by atoms with Crippen molar-refractivity contribution in [2.45, 2.75) is 13.5 Å². The van der Waals surface area contributed by atoms with Crippen molar-refractivity contribution < 1.29 is 9.90 Å². The number of nitrogens with two attached hydrogens (primary N) is 1. The lowest BCUT2D eigenvalue weighted by Crippen LogP contribution is -2.23. The number of benzene rings is 1. The molecule has 0 aliphatic carbocycles. The average molecular weight is 271 g/mol. The topological polar surface area (TPSA) is 79.5 Å². The Labute approximate surface area is 117 Å². The maximum atomic E-state index is 11.1. The molecule has 5 nitrogen and oxygen atoms in total. The molecule has 0 bridgehead atoms. The van der Waals surface area contributed by atoms with Crippen LogP contribution in [0.4, 0.5) is 11.4 Å². The summed E-state index contributed by atoms with van der Waals surface area (Å²) < 4.78 is 0. The van der Waals surface area contributed by atoms with E-state index in [-0.39, 0.29) is 5.56 Å². The number of carboxylic acids is 1. The zero-order valence-corrected chi connectivity index (χ0v) is 11.3. The van der Waals surface area contributed by atoms with Crippen LogP contribution < -0.4 is 10.6 Å². The summed E-state index contributed by atoms with van der Waals surface area (Å²) in [5.74, 6) is -0.953. The van der Waals surface area contributed by atoms with Gasteiger partial charge >= 0.3 is 5.97 Å². The first kappa shape index (κ1) is 13.9. The van der Waals surface area contributed by atoms with Crippen LogP contribution >= 0.6 is 0 Å². The summed E-state index contributed by atoms with van der Waals surface area (Å²) in [5.41, 5.74) is 8.63. The third kappa shape index (κ3) is 3.06. The number of aromatic carboxylic acids is 1. The van der Waals surface area contributed by atoms with Gasteiger partial charge in [0.05, 0.1) is 16.9 Å². The van der Waals surface area contributed by atoms with Gasteiger partial charge in [-0.3, -0.25) is 4.98 Å². The molecule has 0 spiro atoms. The molecule has 1 aromatic carbocycles. The van der Waals surface area contributed by atoms with Crippen LogP contribution in [0.5, 0.6) is 0 Å². The SMILES string of the molecule is CCN(Cc1ccncc1)c1cc(C(=O)O)ccc1N. The molecule has 2 aromatic rings. The van der Waals surface area contributed by atoms with Crippen LogP contribution in [0.1, 0.15) is 22.8 Å². The molecule has 0 saturated heterocycles. The van der Waals surface area contributed by atoms with E-state index >= 15 is 0 Å². The van der Waals surface area contributed by atoms with Gasteiger partial charge in [0.2, 0.25) is 0 Å². The molecule has 0 radical (unpaired) electrons. The Balaban J connectivity index is 2.31. The molecule has 0 atom stereocenters. The number of nitrogen functional groups attached to an aromatic ring is 1. The van der Waals surface area contributed by atoms with Crippen molar-refractivity contribution in [1.82, 2.24) is 4.98 Å². The second-order valence-electron chi connectivity index (χ2n) is 4.45. The van der Waals surface area contributed by atoms with Crippen molar-refractivity contribution in [3.05, 3.63) is 53.9 Å². The minimum atomic E-state index is -0.953. The number of hydrogen-bond donors (Lipinski definition) is 2. The molecule has 104 valence electrons. The summed E-state index contributed by atoms with van der Waals surface area (Å²) in [4.78, 5) is 17.1. The zero-order chi connectivity index (χ0) is 14.5. The van der Waals surface area contributed by atoms with Gasteiger partial charge in [0.25, 0.3) is 0 Å². The lowest BCUT2D eigenvalue weighted by molar-refractivity contribution is 0.0697. The van der Waals surface area contributed by atoms with Crippen LogP contribution in [0.3, 0.4) is 0 Å². The Morgan fingerprint density at radius 3 is 2.60 bits per heavy atom. The maximum Gasteiger partial charge on any atom is 0.335 e. The second kappa shape index (κ2) is 6.06. The molecule has 0 saturated carbocycles. The Morgan fingerprint density at radius 1 is 1.30 bits per heavy atom. The predicted octanol–water partition coefficient (Wildman–Crippen LogP) is 2.39. The molecule has 0 fully saturated rings. The van der Waals surface area contributed by atoms with Crippen molar-refractivity contribution in [3.63, 3.8) is 0 Å². The first-order valence-electron chi connectivity index (χ1n) is 6.38. The van der Waals surface area contributed by atoms with Crippen LogP contribution in [0.15, 0.2) is 42.7 Å². The lowest BCUT2D eigenvalue weighted by Gasteiger charge is -2.25. The number of carbonyl (C=O) groups is 1. The third-order valence-electron chi connectivity index (χ3n) is 3.12. The second-order valence-corrected chi connectivity index (χ2v) is 4.45. The van der Waals surface area contributed by atoms with E-state index in [1.165, 1.54) is 6.07 Å². The Hall–Kier alpha value is -2.56. The molecule has 2 rings (SSSR count).